The zero-order valence-corrected chi connectivity index (χ0v) is 21.8. The number of nitrogens with zero attached hydrogens (tertiary/aromatic N) is 3. The molecule has 1 N–H and O–H groups in total. The largest absolute Gasteiger partial charge is 0.351 e. The Morgan fingerprint density at radius 3 is 2.42 bits per heavy atom. The summed E-state index contributed by atoms with van der Waals surface area (Å²) < 4.78 is 0. The Balaban J connectivity index is 1.50. The van der Waals surface area contributed by atoms with Gasteiger partial charge in [-0.25, -0.2) is 9.97 Å². The lowest BCUT2D eigenvalue weighted by molar-refractivity contribution is 0.0793. The van der Waals surface area contributed by atoms with Gasteiger partial charge in [-0.2, -0.15) is 0 Å². The first-order valence-corrected chi connectivity index (χ1v) is 13.6. The minimum absolute atomic E-state index is 0.0198. The minimum atomic E-state index is -0.315. The molecule has 0 unspecified atom stereocenters. The van der Waals surface area contributed by atoms with Gasteiger partial charge in [-0.05, 0) is 55.4 Å². The van der Waals surface area contributed by atoms with Gasteiger partial charge in [0.05, 0.1) is 11.3 Å². The van der Waals surface area contributed by atoms with Crippen LogP contribution in [0.15, 0.2) is 60.8 Å². The summed E-state index contributed by atoms with van der Waals surface area (Å²) in [4.78, 5) is 25.4. The number of halogens is 1. The molecule has 2 aromatic carbocycles. The molecule has 6 heteroatoms. The van der Waals surface area contributed by atoms with Crippen molar-refractivity contribution in [2.24, 2.45) is 0 Å². The summed E-state index contributed by atoms with van der Waals surface area (Å²) >= 11 is 6.24. The van der Waals surface area contributed by atoms with Gasteiger partial charge in [0.25, 0.3) is 5.91 Å². The molecule has 0 aliphatic heterocycles. The van der Waals surface area contributed by atoms with Crippen LogP contribution in [0.5, 0.6) is 0 Å². The van der Waals surface area contributed by atoms with E-state index in [0.717, 1.165) is 55.7 Å². The van der Waals surface area contributed by atoms with E-state index in [0.29, 0.717) is 24.1 Å². The van der Waals surface area contributed by atoms with Crippen LogP contribution in [-0.2, 0) is 11.8 Å². The van der Waals surface area contributed by atoms with Gasteiger partial charge in [0.1, 0.15) is 0 Å². The number of nitrogens with one attached hydrogen (secondary N) is 1. The van der Waals surface area contributed by atoms with Crippen molar-refractivity contribution in [3.05, 3.63) is 88.2 Å². The molecule has 3 aromatic rings. The van der Waals surface area contributed by atoms with E-state index in [4.69, 9.17) is 16.6 Å². The first-order chi connectivity index (χ1) is 17.5. The maximum atomic E-state index is 13.8. The van der Waals surface area contributed by atoms with Gasteiger partial charge in [0, 0.05) is 36.3 Å². The van der Waals surface area contributed by atoms with Crippen LogP contribution in [0.1, 0.15) is 78.5 Å². The van der Waals surface area contributed by atoms with Crippen molar-refractivity contribution >= 4 is 23.5 Å². The topological polar surface area (TPSA) is 58.1 Å². The number of carbonyl (C=O) groups is 1. The number of benzene rings is 2. The number of anilines is 1. The van der Waals surface area contributed by atoms with Crippen molar-refractivity contribution in [2.45, 2.75) is 69.2 Å². The van der Waals surface area contributed by atoms with E-state index in [-0.39, 0.29) is 11.3 Å². The van der Waals surface area contributed by atoms with Gasteiger partial charge >= 0.3 is 0 Å². The fourth-order valence-electron chi connectivity index (χ4n) is 5.88. The zero-order chi connectivity index (χ0) is 25.0. The molecule has 36 heavy (non-hydrogen) atoms. The fourth-order valence-corrected chi connectivity index (χ4v) is 6.01. The lowest BCUT2D eigenvalue weighted by Gasteiger charge is -2.32. The van der Waals surface area contributed by atoms with Crippen LogP contribution in [0.3, 0.4) is 0 Å². The summed E-state index contributed by atoms with van der Waals surface area (Å²) in [6.45, 7) is 0.637. The molecule has 1 amide bonds. The molecule has 0 bridgehead atoms. The molecule has 2 saturated carbocycles. The van der Waals surface area contributed by atoms with Gasteiger partial charge < -0.3 is 10.2 Å². The molecular weight excluding hydrogens is 468 g/mol. The lowest BCUT2D eigenvalue weighted by atomic mass is 9.74. The Kier molecular flexibility index (Phi) is 7.56. The van der Waals surface area contributed by atoms with Crippen molar-refractivity contribution in [2.75, 3.05) is 18.9 Å². The Labute approximate surface area is 219 Å². The molecule has 2 aliphatic carbocycles. The first-order valence-electron chi connectivity index (χ1n) is 13.2. The first kappa shape index (κ1) is 24.8. The molecule has 2 aliphatic rings. The predicted molar refractivity (Wildman–Crippen MR) is 146 cm³/mol. The second kappa shape index (κ2) is 11.0. The van der Waals surface area contributed by atoms with Crippen molar-refractivity contribution in [1.29, 1.82) is 0 Å². The van der Waals surface area contributed by atoms with Gasteiger partial charge in [-0.3, -0.25) is 4.79 Å². The molecule has 0 saturated heterocycles. The quantitative estimate of drug-likeness (QED) is 0.374. The SMILES string of the molecule is CN(CCc1ccccc1)C(=O)c1cnc(NC2CCCC2)nc1C1(c2ccc(Cl)cc2)CCCC1. The average molecular weight is 503 g/mol. The Hall–Kier alpha value is -2.92. The maximum absolute atomic E-state index is 13.8. The number of amides is 1. The summed E-state index contributed by atoms with van der Waals surface area (Å²) in [6.07, 6.45) is 11.5. The van der Waals surface area contributed by atoms with E-state index in [1.807, 2.05) is 42.3 Å². The van der Waals surface area contributed by atoms with E-state index in [1.165, 1.54) is 24.0 Å². The molecule has 5 nitrogen and oxygen atoms in total. The van der Waals surface area contributed by atoms with Crippen molar-refractivity contribution in [3.8, 4) is 0 Å². The average Bonchev–Trinajstić information content (AvgIpc) is 3.61. The number of carbonyl (C=O) groups excluding carboxylic acids is 1. The maximum Gasteiger partial charge on any atom is 0.257 e. The van der Waals surface area contributed by atoms with Gasteiger partial charge in [0.15, 0.2) is 0 Å². The van der Waals surface area contributed by atoms with Crippen LogP contribution >= 0.6 is 11.6 Å². The summed E-state index contributed by atoms with van der Waals surface area (Å²) in [5.74, 6) is 0.620. The van der Waals surface area contributed by atoms with Crippen LogP contribution in [0.4, 0.5) is 5.95 Å². The van der Waals surface area contributed by atoms with Crippen LogP contribution < -0.4 is 5.32 Å². The summed E-state index contributed by atoms with van der Waals surface area (Å²) in [7, 11) is 1.88. The minimum Gasteiger partial charge on any atom is -0.351 e. The molecule has 0 spiro atoms. The third kappa shape index (κ3) is 5.27. The Bertz CT molecular complexity index is 1170. The lowest BCUT2D eigenvalue weighted by Crippen LogP contribution is -2.35. The van der Waals surface area contributed by atoms with Crippen LogP contribution in [0, 0.1) is 0 Å². The molecule has 0 radical (unpaired) electrons. The number of hydrogen-bond acceptors (Lipinski definition) is 4. The normalized spacial score (nSPS) is 17.3. The molecule has 5 rings (SSSR count). The number of likely N-dealkylation sites (N-methyl/N-ethyl adjacent to an activating group) is 1. The highest BCUT2D eigenvalue weighted by molar-refractivity contribution is 6.30. The fraction of sp³-hybridized carbons (Fsp3) is 0.433. The molecule has 1 aromatic heterocycles. The molecular formula is C30H35ClN4O. The van der Waals surface area contributed by atoms with E-state index in [9.17, 15) is 4.79 Å². The molecule has 2 fully saturated rings. The highest BCUT2D eigenvalue weighted by Gasteiger charge is 2.42. The second-order valence-electron chi connectivity index (χ2n) is 10.3. The third-order valence-corrected chi connectivity index (χ3v) is 8.19. The molecule has 1 heterocycles. The van der Waals surface area contributed by atoms with Gasteiger partial charge in [0.2, 0.25) is 5.95 Å². The third-order valence-electron chi connectivity index (χ3n) is 7.94. The van der Waals surface area contributed by atoms with Crippen LogP contribution in [0.2, 0.25) is 5.02 Å². The second-order valence-corrected chi connectivity index (χ2v) is 10.8. The highest BCUT2D eigenvalue weighted by atomic mass is 35.5. The van der Waals surface area contributed by atoms with Crippen LogP contribution in [0.25, 0.3) is 0 Å². The number of aromatic nitrogens is 2. The monoisotopic (exact) mass is 502 g/mol. The van der Waals surface area contributed by atoms with E-state index < -0.39 is 0 Å². The molecule has 0 atom stereocenters. The van der Waals surface area contributed by atoms with Crippen molar-refractivity contribution in [3.63, 3.8) is 0 Å². The van der Waals surface area contributed by atoms with Gasteiger partial charge in [-0.15, -0.1) is 0 Å². The highest BCUT2D eigenvalue weighted by Crippen LogP contribution is 2.47. The summed E-state index contributed by atoms with van der Waals surface area (Å²) in [5, 5.41) is 4.27. The Morgan fingerprint density at radius 2 is 1.72 bits per heavy atom. The zero-order valence-electron chi connectivity index (χ0n) is 21.0. The predicted octanol–water partition coefficient (Wildman–Crippen LogP) is 6.66. The van der Waals surface area contributed by atoms with Crippen molar-refractivity contribution in [1.82, 2.24) is 14.9 Å². The van der Waals surface area contributed by atoms with E-state index in [1.54, 1.807) is 6.20 Å². The number of hydrogen-bond donors (Lipinski definition) is 1. The Morgan fingerprint density at radius 1 is 1.03 bits per heavy atom. The van der Waals surface area contributed by atoms with Crippen LogP contribution in [-0.4, -0.2) is 40.4 Å². The standard InChI is InChI=1S/C30H35ClN4O/c1-35(20-17-22-9-3-2-4-10-22)28(36)26-21-32-29(33-25-11-5-6-12-25)34-27(26)30(18-7-8-19-30)23-13-15-24(31)16-14-23/h2-4,9-10,13-16,21,25H,5-8,11-12,17-20H2,1H3,(H,32,33,34). The van der Waals surface area contributed by atoms with E-state index in [2.05, 4.69) is 34.6 Å². The number of rotatable bonds is 8. The smallest absolute Gasteiger partial charge is 0.257 e. The summed E-state index contributed by atoms with van der Waals surface area (Å²) in [5.41, 5.74) is 3.55. The van der Waals surface area contributed by atoms with E-state index >= 15 is 0 Å². The molecule has 188 valence electrons. The summed E-state index contributed by atoms with van der Waals surface area (Å²) in [6, 6.07) is 18.8. The van der Waals surface area contributed by atoms with Crippen molar-refractivity contribution < 1.29 is 4.79 Å². The van der Waals surface area contributed by atoms with Gasteiger partial charge in [-0.1, -0.05) is 79.7 Å².